The Morgan fingerprint density at radius 1 is 1.63 bits per heavy atom. The van der Waals surface area contributed by atoms with Crippen molar-refractivity contribution in [2.75, 3.05) is 36.9 Å². The lowest BCUT2D eigenvalue weighted by Gasteiger charge is -2.42. The number of anilines is 2. The van der Waals surface area contributed by atoms with Gasteiger partial charge in [0.05, 0.1) is 24.9 Å². The molecule has 2 heterocycles. The van der Waals surface area contributed by atoms with Crippen molar-refractivity contribution in [2.45, 2.75) is 32.5 Å². The maximum Gasteiger partial charge on any atom is 0.197 e. The second-order valence-corrected chi connectivity index (χ2v) is 5.95. The number of nitrogen functional groups attached to an aromatic ring is 1. The quantitative estimate of drug-likeness (QED) is 0.863. The molecule has 1 saturated heterocycles. The van der Waals surface area contributed by atoms with Crippen LogP contribution in [-0.4, -0.2) is 47.5 Å². The molecular weight excluding hydrogens is 266 g/mol. The number of nitrogens with two attached hydrogens (primary N) is 1. The molecule has 108 valence electrons. The number of ether oxygens (including phenoxy) is 2. The predicted octanol–water partition coefficient (Wildman–Crippen LogP) is 1.10. The minimum absolute atomic E-state index is 0.00180. The summed E-state index contributed by atoms with van der Waals surface area (Å²) in [5.74, 6) is 1.06. The Hall–Kier alpha value is -1.05. The number of nitrogens with zero attached hydrogens (tertiary/aromatic N) is 2. The molecule has 0 saturated carbocycles. The first kappa shape index (κ1) is 14.4. The minimum Gasteiger partial charge on any atom is -0.487 e. The van der Waals surface area contributed by atoms with E-state index in [0.29, 0.717) is 31.3 Å². The zero-order chi connectivity index (χ0) is 14.0. The van der Waals surface area contributed by atoms with Crippen molar-refractivity contribution >= 4 is 22.4 Å². The van der Waals surface area contributed by atoms with Gasteiger partial charge in [-0.3, -0.25) is 0 Å². The van der Waals surface area contributed by atoms with E-state index in [-0.39, 0.29) is 18.3 Å². The summed E-state index contributed by atoms with van der Waals surface area (Å²) in [5, 5.41) is 10.3. The smallest absolute Gasteiger partial charge is 0.197 e. The predicted molar refractivity (Wildman–Crippen MR) is 75.9 cm³/mol. The first-order chi connectivity index (χ1) is 8.96. The van der Waals surface area contributed by atoms with Crippen LogP contribution in [0.15, 0.2) is 0 Å². The van der Waals surface area contributed by atoms with E-state index >= 15 is 0 Å². The molecule has 0 radical (unpaired) electrons. The van der Waals surface area contributed by atoms with Crippen molar-refractivity contribution < 1.29 is 14.6 Å². The van der Waals surface area contributed by atoms with Crippen LogP contribution in [0.1, 0.15) is 20.8 Å². The van der Waals surface area contributed by atoms with Crippen LogP contribution in [0.2, 0.25) is 0 Å². The maximum atomic E-state index is 9.35. The summed E-state index contributed by atoms with van der Waals surface area (Å²) in [6.45, 7) is 7.80. The van der Waals surface area contributed by atoms with Crippen LogP contribution >= 0.6 is 11.5 Å². The number of aromatic nitrogens is 1. The highest BCUT2D eigenvalue weighted by atomic mass is 32.1. The monoisotopic (exact) mass is 287 g/mol. The highest BCUT2D eigenvalue weighted by Gasteiger charge is 2.35. The van der Waals surface area contributed by atoms with Crippen LogP contribution in [0.3, 0.4) is 0 Å². The molecule has 19 heavy (non-hydrogen) atoms. The minimum atomic E-state index is -0.326. The van der Waals surface area contributed by atoms with Gasteiger partial charge in [0.2, 0.25) is 0 Å². The molecule has 0 amide bonds. The zero-order valence-corrected chi connectivity index (χ0v) is 12.4. The van der Waals surface area contributed by atoms with Crippen molar-refractivity contribution in [3.8, 4) is 5.75 Å². The van der Waals surface area contributed by atoms with Crippen molar-refractivity contribution in [1.82, 2.24) is 4.37 Å². The number of morpholine rings is 1. The molecule has 1 unspecified atom stereocenters. The Labute approximate surface area is 117 Å². The summed E-state index contributed by atoms with van der Waals surface area (Å²) in [7, 11) is 0. The van der Waals surface area contributed by atoms with E-state index < -0.39 is 0 Å². The summed E-state index contributed by atoms with van der Waals surface area (Å²) in [4.78, 5) is 2.13. The summed E-state index contributed by atoms with van der Waals surface area (Å²) < 4.78 is 15.5. The van der Waals surface area contributed by atoms with Crippen LogP contribution < -0.4 is 15.4 Å². The fourth-order valence-electron chi connectivity index (χ4n) is 2.31. The molecule has 0 bridgehead atoms. The van der Waals surface area contributed by atoms with E-state index in [1.165, 1.54) is 11.5 Å². The summed E-state index contributed by atoms with van der Waals surface area (Å²) in [6.07, 6.45) is -0.207. The third kappa shape index (κ3) is 3.10. The van der Waals surface area contributed by atoms with E-state index in [9.17, 15) is 5.11 Å². The Balaban J connectivity index is 2.25. The van der Waals surface area contributed by atoms with Gasteiger partial charge in [-0.1, -0.05) is 0 Å². The normalized spacial score (nSPS) is 22.5. The van der Waals surface area contributed by atoms with Gasteiger partial charge in [0, 0.05) is 13.1 Å². The average Bonchev–Trinajstić information content (AvgIpc) is 2.70. The molecule has 1 aliphatic heterocycles. The Morgan fingerprint density at radius 3 is 3.00 bits per heavy atom. The maximum absolute atomic E-state index is 9.35. The third-order valence-electron chi connectivity index (χ3n) is 2.92. The van der Waals surface area contributed by atoms with Crippen molar-refractivity contribution in [1.29, 1.82) is 0 Å². The van der Waals surface area contributed by atoms with Crippen LogP contribution in [0, 0.1) is 0 Å². The summed E-state index contributed by atoms with van der Waals surface area (Å²) in [5.41, 5.74) is 5.51. The summed E-state index contributed by atoms with van der Waals surface area (Å²) in [6, 6.07) is 0. The van der Waals surface area contributed by atoms with Gasteiger partial charge in [-0.25, -0.2) is 0 Å². The van der Waals surface area contributed by atoms with Gasteiger partial charge in [0.15, 0.2) is 16.6 Å². The number of rotatable bonds is 4. The van der Waals surface area contributed by atoms with Crippen molar-refractivity contribution in [2.24, 2.45) is 0 Å². The van der Waals surface area contributed by atoms with Crippen molar-refractivity contribution in [3.63, 3.8) is 0 Å². The summed E-state index contributed by atoms with van der Waals surface area (Å²) >= 11 is 1.32. The fourth-order valence-corrected chi connectivity index (χ4v) is 3.08. The molecule has 3 N–H and O–H groups in total. The molecule has 1 aliphatic rings. The van der Waals surface area contributed by atoms with Gasteiger partial charge >= 0.3 is 0 Å². The number of aliphatic hydroxyl groups excluding tert-OH is 1. The van der Waals surface area contributed by atoms with Crippen LogP contribution in [-0.2, 0) is 4.74 Å². The molecule has 1 aromatic heterocycles. The SMILES string of the molecule is CCOc1c(N)nsc1N1CC(CO)OC(C)(C)C1. The molecule has 1 atom stereocenters. The van der Waals surface area contributed by atoms with Crippen LogP contribution in [0.25, 0.3) is 0 Å². The lowest BCUT2D eigenvalue weighted by atomic mass is 10.1. The van der Waals surface area contributed by atoms with Gasteiger partial charge in [0.1, 0.15) is 0 Å². The number of hydrogen-bond acceptors (Lipinski definition) is 7. The molecule has 6 nitrogen and oxygen atoms in total. The van der Waals surface area contributed by atoms with Gasteiger partial charge in [-0.2, -0.15) is 4.37 Å². The lowest BCUT2D eigenvalue weighted by molar-refractivity contribution is -0.100. The zero-order valence-electron chi connectivity index (χ0n) is 11.5. The first-order valence-corrected chi connectivity index (χ1v) is 7.15. The van der Waals surface area contributed by atoms with E-state index in [0.717, 1.165) is 5.00 Å². The largest absolute Gasteiger partial charge is 0.487 e. The van der Waals surface area contributed by atoms with Gasteiger partial charge in [0.25, 0.3) is 0 Å². The second-order valence-electron chi connectivity index (χ2n) is 5.20. The Kier molecular flexibility index (Phi) is 4.17. The molecule has 0 aromatic carbocycles. The Morgan fingerprint density at radius 2 is 2.37 bits per heavy atom. The number of hydrogen-bond donors (Lipinski definition) is 2. The van der Waals surface area contributed by atoms with Gasteiger partial charge in [-0.15, -0.1) is 0 Å². The highest BCUT2D eigenvalue weighted by Crippen LogP contribution is 2.40. The molecule has 1 aromatic rings. The number of aliphatic hydroxyl groups is 1. The standard InChI is InChI=1S/C12H21N3O3S/c1-4-17-9-10(13)14-19-11(9)15-5-8(6-16)18-12(2,3)7-15/h8,16H,4-7H2,1-3H3,(H2,13,14). The van der Waals surface area contributed by atoms with E-state index in [2.05, 4.69) is 9.27 Å². The fraction of sp³-hybridized carbons (Fsp3) is 0.750. The molecule has 7 heteroatoms. The second kappa shape index (κ2) is 5.52. The van der Waals surface area contributed by atoms with Gasteiger partial charge < -0.3 is 25.2 Å². The lowest BCUT2D eigenvalue weighted by Crippen LogP contribution is -2.53. The van der Waals surface area contributed by atoms with Crippen LogP contribution in [0.4, 0.5) is 10.8 Å². The van der Waals surface area contributed by atoms with E-state index in [1.807, 2.05) is 20.8 Å². The van der Waals surface area contributed by atoms with E-state index in [4.69, 9.17) is 15.2 Å². The molecule has 2 rings (SSSR count). The average molecular weight is 287 g/mol. The molecule has 1 fully saturated rings. The van der Waals surface area contributed by atoms with Gasteiger partial charge in [-0.05, 0) is 32.3 Å². The highest BCUT2D eigenvalue weighted by molar-refractivity contribution is 7.11. The third-order valence-corrected chi connectivity index (χ3v) is 3.82. The molecule has 0 aliphatic carbocycles. The Bertz CT molecular complexity index is 436. The van der Waals surface area contributed by atoms with Crippen LogP contribution in [0.5, 0.6) is 5.75 Å². The van der Waals surface area contributed by atoms with E-state index in [1.54, 1.807) is 0 Å². The molecule has 0 spiro atoms. The first-order valence-electron chi connectivity index (χ1n) is 6.38. The topological polar surface area (TPSA) is 80.8 Å². The molecular formula is C12H21N3O3S. The van der Waals surface area contributed by atoms with Crippen molar-refractivity contribution in [3.05, 3.63) is 0 Å².